The molecule has 18 heavy (non-hydrogen) atoms. The van der Waals surface area contributed by atoms with Crippen molar-refractivity contribution in [3.05, 3.63) is 0 Å². The van der Waals surface area contributed by atoms with Gasteiger partial charge in [0, 0.05) is 18.1 Å². The van der Waals surface area contributed by atoms with E-state index in [1.54, 1.807) is 0 Å². The zero-order valence-corrected chi connectivity index (χ0v) is 12.5. The Morgan fingerprint density at radius 1 is 1.39 bits per heavy atom. The first-order valence-corrected chi connectivity index (χ1v) is 6.80. The van der Waals surface area contributed by atoms with Crippen LogP contribution in [0.15, 0.2) is 0 Å². The van der Waals surface area contributed by atoms with Gasteiger partial charge in [0.25, 0.3) is 0 Å². The number of nitriles is 1. The number of nitrogens with zero attached hydrogens (tertiary/aromatic N) is 3. The quantitative estimate of drug-likeness (QED) is 0.777. The van der Waals surface area contributed by atoms with Crippen LogP contribution in [-0.4, -0.2) is 54.6 Å². The highest BCUT2D eigenvalue weighted by atomic mass is 15.2. The first-order valence-electron chi connectivity index (χ1n) is 6.80. The van der Waals surface area contributed by atoms with Crippen molar-refractivity contribution in [2.75, 3.05) is 27.7 Å². The number of hydrogen-bond donors (Lipinski definition) is 1. The third-order valence-electron chi connectivity index (χ3n) is 4.50. The van der Waals surface area contributed by atoms with Gasteiger partial charge in [0.05, 0.1) is 6.07 Å². The predicted molar refractivity (Wildman–Crippen MR) is 75.2 cm³/mol. The molecule has 1 aliphatic carbocycles. The molecule has 0 aromatic heterocycles. The maximum Gasteiger partial charge on any atom is 0.102 e. The molecule has 1 rings (SSSR count). The van der Waals surface area contributed by atoms with E-state index in [4.69, 9.17) is 11.0 Å². The predicted octanol–water partition coefficient (Wildman–Crippen LogP) is 1.42. The topological polar surface area (TPSA) is 56.3 Å². The molecule has 2 atom stereocenters. The summed E-state index contributed by atoms with van der Waals surface area (Å²) in [6.07, 6.45) is 4.58. The lowest BCUT2D eigenvalue weighted by atomic mass is 9.75. The Kier molecular flexibility index (Phi) is 4.77. The molecule has 0 aromatic rings. The molecule has 1 saturated carbocycles. The van der Waals surface area contributed by atoms with Crippen LogP contribution in [0.3, 0.4) is 0 Å². The molecule has 0 aliphatic heterocycles. The molecule has 2 N–H and O–H groups in total. The van der Waals surface area contributed by atoms with Crippen LogP contribution in [0.2, 0.25) is 0 Å². The Morgan fingerprint density at radius 3 is 2.28 bits per heavy atom. The van der Waals surface area contributed by atoms with E-state index in [-0.39, 0.29) is 0 Å². The monoisotopic (exact) mass is 252 g/mol. The van der Waals surface area contributed by atoms with Crippen molar-refractivity contribution in [2.24, 2.45) is 5.73 Å². The number of likely N-dealkylation sites (N-methyl/N-ethyl adjacent to an activating group) is 2. The van der Waals surface area contributed by atoms with Gasteiger partial charge in [-0.25, -0.2) is 0 Å². The Bertz CT molecular complexity index is 312. The van der Waals surface area contributed by atoms with Crippen molar-refractivity contribution < 1.29 is 0 Å². The summed E-state index contributed by atoms with van der Waals surface area (Å²) in [6.45, 7) is 5.02. The van der Waals surface area contributed by atoms with Crippen LogP contribution in [0, 0.1) is 11.3 Å². The second-order valence-corrected chi connectivity index (χ2v) is 6.47. The first-order chi connectivity index (χ1) is 8.22. The van der Waals surface area contributed by atoms with Crippen LogP contribution in [0.5, 0.6) is 0 Å². The van der Waals surface area contributed by atoms with Crippen molar-refractivity contribution in [2.45, 2.75) is 56.7 Å². The first kappa shape index (κ1) is 15.4. The third-order valence-corrected chi connectivity index (χ3v) is 4.50. The average Bonchev–Trinajstić information content (AvgIpc) is 2.21. The third kappa shape index (κ3) is 3.44. The summed E-state index contributed by atoms with van der Waals surface area (Å²) in [5.74, 6) is 0. The molecular formula is C14H28N4. The Labute approximate surface area is 112 Å². The SMILES string of the molecule is CC(CC(C)(N)C#N)N(C)CC1(N(C)C)CCC1. The fraction of sp³-hybridized carbons (Fsp3) is 0.929. The van der Waals surface area contributed by atoms with Crippen molar-refractivity contribution in [3.63, 3.8) is 0 Å². The van der Waals surface area contributed by atoms with Gasteiger partial charge in [-0.3, -0.25) is 0 Å². The van der Waals surface area contributed by atoms with Crippen LogP contribution >= 0.6 is 0 Å². The van der Waals surface area contributed by atoms with E-state index >= 15 is 0 Å². The molecule has 0 amide bonds. The Morgan fingerprint density at radius 2 is 1.94 bits per heavy atom. The lowest BCUT2D eigenvalue weighted by molar-refractivity contribution is 0.0158. The van der Waals surface area contributed by atoms with Crippen molar-refractivity contribution in [1.29, 1.82) is 5.26 Å². The molecule has 4 nitrogen and oxygen atoms in total. The van der Waals surface area contributed by atoms with Gasteiger partial charge in [0.2, 0.25) is 0 Å². The van der Waals surface area contributed by atoms with Crippen LogP contribution in [-0.2, 0) is 0 Å². The van der Waals surface area contributed by atoms with E-state index in [0.29, 0.717) is 18.0 Å². The molecule has 0 aromatic carbocycles. The second-order valence-electron chi connectivity index (χ2n) is 6.47. The smallest absolute Gasteiger partial charge is 0.102 e. The number of nitrogens with two attached hydrogens (primary N) is 1. The molecule has 0 saturated heterocycles. The molecule has 0 radical (unpaired) electrons. The summed E-state index contributed by atoms with van der Waals surface area (Å²) in [6, 6.07) is 2.51. The number of hydrogen-bond acceptors (Lipinski definition) is 4. The summed E-state index contributed by atoms with van der Waals surface area (Å²) in [4.78, 5) is 4.70. The van der Waals surface area contributed by atoms with Crippen LogP contribution in [0.1, 0.15) is 39.5 Å². The number of rotatable bonds is 6. The van der Waals surface area contributed by atoms with Crippen molar-refractivity contribution in [1.82, 2.24) is 9.80 Å². The van der Waals surface area contributed by atoms with Gasteiger partial charge in [-0.15, -0.1) is 0 Å². The zero-order valence-electron chi connectivity index (χ0n) is 12.5. The molecule has 1 aliphatic rings. The van der Waals surface area contributed by atoms with Crippen LogP contribution in [0.25, 0.3) is 0 Å². The van der Waals surface area contributed by atoms with E-state index < -0.39 is 5.54 Å². The second kappa shape index (κ2) is 5.56. The van der Waals surface area contributed by atoms with Gasteiger partial charge >= 0.3 is 0 Å². The highest BCUT2D eigenvalue weighted by molar-refractivity contribution is 5.04. The summed E-state index contributed by atoms with van der Waals surface area (Å²) < 4.78 is 0. The fourth-order valence-electron chi connectivity index (χ4n) is 2.77. The minimum absolute atomic E-state index is 0.331. The fourth-order valence-corrected chi connectivity index (χ4v) is 2.77. The lowest BCUT2D eigenvalue weighted by Gasteiger charge is -2.50. The molecule has 0 heterocycles. The summed E-state index contributed by atoms with van der Waals surface area (Å²) >= 11 is 0. The largest absolute Gasteiger partial charge is 0.314 e. The molecule has 4 heteroatoms. The molecule has 104 valence electrons. The Balaban J connectivity index is 2.55. The normalized spacial score (nSPS) is 23.3. The standard InChI is InChI=1S/C14H28N4/c1-12(9-13(2,16)10-15)18(5)11-14(17(3)4)7-6-8-14/h12H,6-9,11,16H2,1-5H3. The van der Waals surface area contributed by atoms with Gasteiger partial charge in [0.1, 0.15) is 5.54 Å². The molecule has 1 fully saturated rings. The van der Waals surface area contributed by atoms with Gasteiger partial charge < -0.3 is 15.5 Å². The minimum Gasteiger partial charge on any atom is -0.314 e. The van der Waals surface area contributed by atoms with Gasteiger partial charge in [-0.05, 0) is 60.7 Å². The molecular weight excluding hydrogens is 224 g/mol. The van der Waals surface area contributed by atoms with Crippen molar-refractivity contribution >= 4 is 0 Å². The van der Waals surface area contributed by atoms with E-state index in [0.717, 1.165) is 6.54 Å². The van der Waals surface area contributed by atoms with E-state index in [2.05, 4.69) is 43.9 Å². The molecule has 0 bridgehead atoms. The maximum atomic E-state index is 9.00. The van der Waals surface area contributed by atoms with Gasteiger partial charge in [-0.2, -0.15) is 5.26 Å². The molecule has 0 spiro atoms. The van der Waals surface area contributed by atoms with Crippen LogP contribution < -0.4 is 5.73 Å². The van der Waals surface area contributed by atoms with E-state index in [9.17, 15) is 0 Å². The van der Waals surface area contributed by atoms with E-state index in [1.807, 2.05) is 6.92 Å². The Hall–Kier alpha value is -0.630. The highest BCUT2D eigenvalue weighted by Gasteiger charge is 2.40. The van der Waals surface area contributed by atoms with Gasteiger partial charge in [-0.1, -0.05) is 0 Å². The van der Waals surface area contributed by atoms with Gasteiger partial charge in [0.15, 0.2) is 0 Å². The average molecular weight is 252 g/mol. The maximum absolute atomic E-state index is 9.00. The zero-order chi connectivity index (χ0) is 14.0. The summed E-state index contributed by atoms with van der Waals surface area (Å²) in [5, 5.41) is 9.00. The minimum atomic E-state index is -0.724. The molecule has 2 unspecified atom stereocenters. The lowest BCUT2D eigenvalue weighted by Crippen LogP contribution is -2.58. The highest BCUT2D eigenvalue weighted by Crippen LogP contribution is 2.37. The van der Waals surface area contributed by atoms with Crippen LogP contribution in [0.4, 0.5) is 0 Å². The van der Waals surface area contributed by atoms with Crippen molar-refractivity contribution in [3.8, 4) is 6.07 Å². The summed E-state index contributed by atoms with van der Waals surface area (Å²) in [5.41, 5.74) is 5.54. The summed E-state index contributed by atoms with van der Waals surface area (Å²) in [7, 11) is 6.47. The van der Waals surface area contributed by atoms with E-state index in [1.165, 1.54) is 19.3 Å².